The van der Waals surface area contributed by atoms with Crippen LogP contribution < -0.4 is 9.47 Å². The molecular weight excluding hydrogens is 292 g/mol. The molecule has 0 spiro atoms. The standard InChI is InChI=1S/C18H26N2O3/c1-22-16-11-14-15(12-17(16)23-2)20(9-6-10-21)18(19-14)13-7-4-3-5-8-13/h11-13,21H,3-10H2,1-2H3. The Balaban J connectivity index is 2.09. The van der Waals surface area contributed by atoms with E-state index in [2.05, 4.69) is 4.57 Å². The van der Waals surface area contributed by atoms with Gasteiger partial charge in [0.2, 0.25) is 0 Å². The van der Waals surface area contributed by atoms with Gasteiger partial charge in [-0.1, -0.05) is 19.3 Å². The number of ether oxygens (including phenoxy) is 2. The molecule has 1 saturated carbocycles. The molecule has 3 rings (SSSR count). The third-order valence-corrected chi connectivity index (χ3v) is 4.79. The average Bonchev–Trinajstić information content (AvgIpc) is 2.96. The van der Waals surface area contributed by atoms with Crippen LogP contribution in [-0.2, 0) is 6.54 Å². The summed E-state index contributed by atoms with van der Waals surface area (Å²) < 4.78 is 13.1. The Morgan fingerprint density at radius 1 is 1.13 bits per heavy atom. The van der Waals surface area contributed by atoms with E-state index >= 15 is 0 Å². The second-order valence-corrected chi connectivity index (χ2v) is 6.23. The van der Waals surface area contributed by atoms with E-state index in [1.54, 1.807) is 14.2 Å². The molecule has 0 atom stereocenters. The Bertz CT molecular complexity index is 660. The maximum atomic E-state index is 9.24. The minimum Gasteiger partial charge on any atom is -0.493 e. The molecule has 1 aromatic carbocycles. The second kappa shape index (κ2) is 7.21. The van der Waals surface area contributed by atoms with Gasteiger partial charge >= 0.3 is 0 Å². The highest BCUT2D eigenvalue weighted by atomic mass is 16.5. The van der Waals surface area contributed by atoms with Crippen LogP contribution in [0.25, 0.3) is 11.0 Å². The van der Waals surface area contributed by atoms with Gasteiger partial charge in [0, 0.05) is 31.2 Å². The largest absolute Gasteiger partial charge is 0.493 e. The van der Waals surface area contributed by atoms with Crippen molar-refractivity contribution in [3.8, 4) is 11.5 Å². The van der Waals surface area contributed by atoms with Gasteiger partial charge in [-0.15, -0.1) is 0 Å². The summed E-state index contributed by atoms with van der Waals surface area (Å²) >= 11 is 0. The van der Waals surface area contributed by atoms with Crippen LogP contribution >= 0.6 is 0 Å². The Kier molecular flexibility index (Phi) is 5.06. The van der Waals surface area contributed by atoms with E-state index < -0.39 is 0 Å². The van der Waals surface area contributed by atoms with E-state index in [4.69, 9.17) is 14.5 Å². The minimum absolute atomic E-state index is 0.192. The molecule has 1 aromatic heterocycles. The molecule has 0 saturated heterocycles. The molecule has 1 fully saturated rings. The Labute approximate surface area is 137 Å². The van der Waals surface area contributed by atoms with Crippen LogP contribution in [0.2, 0.25) is 0 Å². The van der Waals surface area contributed by atoms with Crippen molar-refractivity contribution in [3.63, 3.8) is 0 Å². The highest BCUT2D eigenvalue weighted by Crippen LogP contribution is 2.37. The van der Waals surface area contributed by atoms with Crippen molar-refractivity contribution in [3.05, 3.63) is 18.0 Å². The van der Waals surface area contributed by atoms with E-state index in [0.717, 1.165) is 35.6 Å². The highest BCUT2D eigenvalue weighted by Gasteiger charge is 2.23. The normalized spacial score (nSPS) is 16.0. The van der Waals surface area contributed by atoms with Crippen molar-refractivity contribution in [1.29, 1.82) is 0 Å². The van der Waals surface area contributed by atoms with E-state index in [9.17, 15) is 5.11 Å². The van der Waals surface area contributed by atoms with E-state index in [1.165, 1.54) is 32.1 Å². The molecule has 1 heterocycles. The van der Waals surface area contributed by atoms with E-state index in [-0.39, 0.29) is 6.61 Å². The van der Waals surface area contributed by atoms with Gasteiger partial charge in [-0.2, -0.15) is 0 Å². The predicted molar refractivity (Wildman–Crippen MR) is 90.4 cm³/mol. The third kappa shape index (κ3) is 3.15. The Morgan fingerprint density at radius 2 is 1.83 bits per heavy atom. The van der Waals surface area contributed by atoms with Crippen molar-refractivity contribution in [1.82, 2.24) is 9.55 Å². The highest BCUT2D eigenvalue weighted by molar-refractivity contribution is 5.80. The number of benzene rings is 1. The lowest BCUT2D eigenvalue weighted by Gasteiger charge is -2.22. The second-order valence-electron chi connectivity index (χ2n) is 6.23. The third-order valence-electron chi connectivity index (χ3n) is 4.79. The average molecular weight is 318 g/mol. The summed E-state index contributed by atoms with van der Waals surface area (Å²) in [5, 5.41) is 9.24. The predicted octanol–water partition coefficient (Wildman–Crippen LogP) is 3.48. The van der Waals surface area contributed by atoms with Crippen molar-refractivity contribution in [2.75, 3.05) is 20.8 Å². The minimum atomic E-state index is 0.192. The number of rotatable bonds is 6. The lowest BCUT2D eigenvalue weighted by molar-refractivity contribution is 0.278. The van der Waals surface area contributed by atoms with Gasteiger partial charge in [-0.3, -0.25) is 0 Å². The molecule has 0 aliphatic heterocycles. The van der Waals surface area contributed by atoms with Gasteiger partial charge in [0.15, 0.2) is 11.5 Å². The number of imidazole rings is 1. The van der Waals surface area contributed by atoms with Crippen molar-refractivity contribution >= 4 is 11.0 Å². The molecule has 1 N–H and O–H groups in total. The number of aliphatic hydroxyl groups is 1. The number of aryl methyl sites for hydroxylation is 1. The topological polar surface area (TPSA) is 56.5 Å². The SMILES string of the molecule is COc1cc2nc(C3CCCCC3)n(CCCO)c2cc1OC. The number of fused-ring (bicyclic) bond motifs is 1. The van der Waals surface area contributed by atoms with Crippen LogP contribution in [0.1, 0.15) is 50.3 Å². The first-order chi connectivity index (χ1) is 11.3. The summed E-state index contributed by atoms with van der Waals surface area (Å²) in [5.41, 5.74) is 2.01. The van der Waals surface area contributed by atoms with Gasteiger partial charge < -0.3 is 19.1 Å². The number of aliphatic hydroxyl groups excluding tert-OH is 1. The monoisotopic (exact) mass is 318 g/mol. The number of methoxy groups -OCH3 is 2. The molecule has 1 aliphatic carbocycles. The lowest BCUT2D eigenvalue weighted by Crippen LogP contribution is -2.13. The van der Waals surface area contributed by atoms with Gasteiger partial charge in [0.05, 0.1) is 25.3 Å². The van der Waals surface area contributed by atoms with Crippen LogP contribution in [0.4, 0.5) is 0 Å². The molecule has 2 aromatic rings. The van der Waals surface area contributed by atoms with Gasteiger partial charge in [-0.25, -0.2) is 4.98 Å². The van der Waals surface area contributed by atoms with Crippen LogP contribution in [0.5, 0.6) is 11.5 Å². The van der Waals surface area contributed by atoms with Crippen LogP contribution in [0, 0.1) is 0 Å². The van der Waals surface area contributed by atoms with Gasteiger partial charge in [0.25, 0.3) is 0 Å². The molecule has 1 aliphatic rings. The Morgan fingerprint density at radius 3 is 2.48 bits per heavy atom. The summed E-state index contributed by atoms with van der Waals surface area (Å²) in [6.45, 7) is 0.978. The molecule has 0 unspecified atom stereocenters. The zero-order valence-corrected chi connectivity index (χ0v) is 14.0. The first kappa shape index (κ1) is 16.1. The summed E-state index contributed by atoms with van der Waals surface area (Å²) in [7, 11) is 3.30. The Hall–Kier alpha value is -1.75. The van der Waals surface area contributed by atoms with Crippen molar-refractivity contribution in [2.45, 2.75) is 51.0 Å². The van der Waals surface area contributed by atoms with Crippen LogP contribution in [0.15, 0.2) is 12.1 Å². The lowest BCUT2D eigenvalue weighted by atomic mass is 9.88. The van der Waals surface area contributed by atoms with Crippen molar-refractivity contribution < 1.29 is 14.6 Å². The molecule has 0 bridgehead atoms. The maximum absolute atomic E-state index is 9.24. The maximum Gasteiger partial charge on any atom is 0.163 e. The van der Waals surface area contributed by atoms with Crippen LogP contribution in [0.3, 0.4) is 0 Å². The zero-order valence-electron chi connectivity index (χ0n) is 14.0. The summed E-state index contributed by atoms with van der Waals surface area (Å²) in [4.78, 5) is 4.92. The molecule has 23 heavy (non-hydrogen) atoms. The molecule has 5 heteroatoms. The van der Waals surface area contributed by atoms with Crippen LogP contribution in [-0.4, -0.2) is 35.5 Å². The fraction of sp³-hybridized carbons (Fsp3) is 0.611. The quantitative estimate of drug-likeness (QED) is 0.886. The first-order valence-corrected chi connectivity index (χ1v) is 8.51. The molecule has 126 valence electrons. The van der Waals surface area contributed by atoms with E-state index in [0.29, 0.717) is 11.7 Å². The summed E-state index contributed by atoms with van der Waals surface area (Å²) in [6, 6.07) is 3.96. The molecule has 5 nitrogen and oxygen atoms in total. The number of nitrogens with zero attached hydrogens (tertiary/aromatic N) is 2. The summed E-state index contributed by atoms with van der Waals surface area (Å²) in [6.07, 6.45) is 7.03. The number of aromatic nitrogens is 2. The fourth-order valence-electron chi connectivity index (χ4n) is 3.61. The van der Waals surface area contributed by atoms with E-state index in [1.807, 2.05) is 12.1 Å². The number of hydrogen-bond acceptors (Lipinski definition) is 4. The molecular formula is C18H26N2O3. The fourth-order valence-corrected chi connectivity index (χ4v) is 3.61. The van der Waals surface area contributed by atoms with Gasteiger partial charge in [0.1, 0.15) is 5.82 Å². The molecule has 0 amide bonds. The number of hydrogen-bond donors (Lipinski definition) is 1. The molecule has 0 radical (unpaired) electrons. The first-order valence-electron chi connectivity index (χ1n) is 8.51. The summed E-state index contributed by atoms with van der Waals surface area (Å²) in [5.74, 6) is 3.11. The van der Waals surface area contributed by atoms with Crippen molar-refractivity contribution in [2.24, 2.45) is 0 Å². The zero-order chi connectivity index (χ0) is 16.2. The smallest absolute Gasteiger partial charge is 0.163 e. The van der Waals surface area contributed by atoms with Gasteiger partial charge in [-0.05, 0) is 19.3 Å².